The van der Waals surface area contributed by atoms with Crippen molar-refractivity contribution in [3.63, 3.8) is 0 Å². The Morgan fingerprint density at radius 2 is 1.83 bits per heavy atom. The average Bonchev–Trinajstić information content (AvgIpc) is 2.14. The molecule has 0 aliphatic rings. The average molecular weight is 283 g/mol. The van der Waals surface area contributed by atoms with Crippen molar-refractivity contribution in [2.24, 2.45) is 0 Å². The molecule has 8 nitrogen and oxygen atoms in total. The summed E-state index contributed by atoms with van der Waals surface area (Å²) in [6.07, 6.45) is -0.964. The van der Waals surface area contributed by atoms with E-state index in [9.17, 15) is 18.0 Å². The van der Waals surface area contributed by atoms with Crippen LogP contribution in [0.3, 0.4) is 0 Å². The smallest absolute Gasteiger partial charge is 0.322 e. The number of carboxylic acids is 2. The summed E-state index contributed by atoms with van der Waals surface area (Å²) < 4.78 is 29.7. The van der Waals surface area contributed by atoms with Crippen LogP contribution in [0.25, 0.3) is 0 Å². The van der Waals surface area contributed by atoms with Crippen LogP contribution >= 0.6 is 0 Å². The monoisotopic (exact) mass is 283 g/mol. The van der Waals surface area contributed by atoms with Gasteiger partial charge in [-0.2, -0.15) is 0 Å². The second-order valence-electron chi connectivity index (χ2n) is 3.84. The van der Waals surface area contributed by atoms with Crippen molar-refractivity contribution in [3.05, 3.63) is 0 Å². The second kappa shape index (κ2) is 7.29. The van der Waals surface area contributed by atoms with Crippen molar-refractivity contribution in [2.45, 2.75) is 32.4 Å². The predicted octanol–water partition coefficient (Wildman–Crippen LogP) is -0.741. The number of carbonyl (C=O) groups is 2. The quantitative estimate of drug-likeness (QED) is 0.508. The molecule has 0 amide bonds. The summed E-state index contributed by atoms with van der Waals surface area (Å²) in [5.41, 5.74) is 0. The van der Waals surface area contributed by atoms with Gasteiger partial charge in [-0.1, -0.05) is 0 Å². The molecule has 0 aliphatic heterocycles. The Labute approximate surface area is 105 Å². The zero-order chi connectivity index (χ0) is 14.3. The van der Waals surface area contributed by atoms with Crippen molar-refractivity contribution in [2.75, 3.05) is 12.4 Å². The molecule has 0 fully saturated rings. The highest BCUT2D eigenvalue weighted by Gasteiger charge is 2.26. The molecule has 0 saturated heterocycles. The Balaban J connectivity index is 4.42. The minimum absolute atomic E-state index is 0.0909. The maximum atomic E-state index is 11.5. The number of carboxylic acid groups (broad SMARTS) is 2. The highest BCUT2D eigenvalue weighted by Crippen LogP contribution is 1.98. The van der Waals surface area contributed by atoms with Gasteiger partial charge in [0.05, 0.1) is 24.9 Å². The van der Waals surface area contributed by atoms with E-state index >= 15 is 0 Å². The first-order chi connectivity index (χ1) is 8.14. The molecular weight excluding hydrogens is 266 g/mol. The number of rotatable bonds is 9. The maximum absolute atomic E-state index is 11.5. The number of hydrogen-bond donors (Lipinski definition) is 3. The molecule has 3 N–H and O–H groups in total. The molecule has 0 aromatic carbocycles. The van der Waals surface area contributed by atoms with E-state index < -0.39 is 40.2 Å². The standard InChI is InChI=1S/C9H17NO7S/c1-6(2)17-3-4-18(15,16)10-7(9(13)14)5-8(11)12/h6-7,10H,3-5H2,1-2H3,(H,11,12)(H,13,14)/t7-/m0/s1. The van der Waals surface area contributed by atoms with E-state index in [4.69, 9.17) is 14.9 Å². The molecule has 0 bridgehead atoms. The van der Waals surface area contributed by atoms with Gasteiger partial charge in [0.15, 0.2) is 0 Å². The zero-order valence-corrected chi connectivity index (χ0v) is 10.9. The summed E-state index contributed by atoms with van der Waals surface area (Å²) >= 11 is 0. The molecule has 18 heavy (non-hydrogen) atoms. The third-order valence-electron chi connectivity index (χ3n) is 1.80. The highest BCUT2D eigenvalue weighted by molar-refractivity contribution is 7.89. The summed E-state index contributed by atoms with van der Waals surface area (Å²) in [6.45, 7) is 3.36. The van der Waals surface area contributed by atoms with Crippen LogP contribution in [0.5, 0.6) is 0 Å². The van der Waals surface area contributed by atoms with Crippen molar-refractivity contribution in [1.82, 2.24) is 4.72 Å². The molecule has 106 valence electrons. The molecule has 1 atom stereocenters. The van der Waals surface area contributed by atoms with Crippen LogP contribution < -0.4 is 4.72 Å². The van der Waals surface area contributed by atoms with Gasteiger partial charge >= 0.3 is 11.9 Å². The van der Waals surface area contributed by atoms with Gasteiger partial charge in [0.25, 0.3) is 0 Å². The minimum Gasteiger partial charge on any atom is -0.481 e. The van der Waals surface area contributed by atoms with E-state index in [0.29, 0.717) is 0 Å². The molecule has 0 radical (unpaired) electrons. The van der Waals surface area contributed by atoms with Gasteiger partial charge in [0.2, 0.25) is 10.0 Å². The van der Waals surface area contributed by atoms with E-state index in [1.807, 2.05) is 4.72 Å². The van der Waals surface area contributed by atoms with Gasteiger partial charge in [0, 0.05) is 0 Å². The summed E-state index contributed by atoms with van der Waals surface area (Å²) in [7, 11) is -3.89. The summed E-state index contributed by atoms with van der Waals surface area (Å²) in [4.78, 5) is 21.1. The first-order valence-corrected chi connectivity index (χ1v) is 6.85. The zero-order valence-electron chi connectivity index (χ0n) is 10.1. The Morgan fingerprint density at radius 3 is 2.22 bits per heavy atom. The van der Waals surface area contributed by atoms with Crippen LogP contribution in [0.4, 0.5) is 0 Å². The Hall–Kier alpha value is -1.19. The third-order valence-corrected chi connectivity index (χ3v) is 3.15. The first-order valence-electron chi connectivity index (χ1n) is 5.20. The topological polar surface area (TPSA) is 130 Å². The van der Waals surface area contributed by atoms with Gasteiger partial charge in [0.1, 0.15) is 6.04 Å². The lowest BCUT2D eigenvalue weighted by atomic mass is 10.2. The molecule has 9 heteroatoms. The van der Waals surface area contributed by atoms with Gasteiger partial charge in [-0.15, -0.1) is 0 Å². The predicted molar refractivity (Wildman–Crippen MR) is 61.7 cm³/mol. The lowest BCUT2D eigenvalue weighted by Gasteiger charge is -2.13. The van der Waals surface area contributed by atoms with Gasteiger partial charge in [-0.3, -0.25) is 9.59 Å². The van der Waals surface area contributed by atoms with Gasteiger partial charge in [-0.05, 0) is 13.8 Å². The Bertz CT molecular complexity index is 390. The van der Waals surface area contributed by atoms with Crippen molar-refractivity contribution in [1.29, 1.82) is 0 Å². The molecule has 0 spiro atoms. The van der Waals surface area contributed by atoms with Crippen LogP contribution in [-0.4, -0.2) is 55.1 Å². The molecule has 0 rings (SSSR count). The van der Waals surface area contributed by atoms with Gasteiger partial charge < -0.3 is 14.9 Å². The normalized spacial score (nSPS) is 13.5. The molecular formula is C9H17NO7S. The molecule has 0 aromatic rings. The van der Waals surface area contributed by atoms with E-state index in [1.165, 1.54) is 0 Å². The van der Waals surface area contributed by atoms with Crippen molar-refractivity contribution >= 4 is 22.0 Å². The van der Waals surface area contributed by atoms with Crippen LogP contribution in [0, 0.1) is 0 Å². The van der Waals surface area contributed by atoms with Crippen LogP contribution in [0.1, 0.15) is 20.3 Å². The van der Waals surface area contributed by atoms with Crippen molar-refractivity contribution < 1.29 is 33.0 Å². The Morgan fingerprint density at radius 1 is 1.28 bits per heavy atom. The number of aliphatic carboxylic acids is 2. The largest absolute Gasteiger partial charge is 0.481 e. The summed E-state index contributed by atoms with van der Waals surface area (Å²) in [5.74, 6) is -3.36. The second-order valence-corrected chi connectivity index (χ2v) is 5.72. The van der Waals surface area contributed by atoms with Gasteiger partial charge in [-0.25, -0.2) is 13.1 Å². The molecule has 0 aliphatic carbocycles. The fourth-order valence-corrected chi connectivity index (χ4v) is 2.07. The first kappa shape index (κ1) is 16.8. The minimum atomic E-state index is -3.89. The summed E-state index contributed by atoms with van der Waals surface area (Å²) in [5, 5.41) is 17.1. The molecule has 0 heterocycles. The van der Waals surface area contributed by atoms with E-state index in [-0.39, 0.29) is 12.7 Å². The SMILES string of the molecule is CC(C)OCCS(=O)(=O)N[C@@H](CC(=O)O)C(=O)O. The fraction of sp³-hybridized carbons (Fsp3) is 0.778. The molecule has 0 unspecified atom stereocenters. The lowest BCUT2D eigenvalue weighted by Crippen LogP contribution is -2.43. The van der Waals surface area contributed by atoms with Crippen LogP contribution in [0.15, 0.2) is 0 Å². The number of sulfonamides is 1. The van der Waals surface area contributed by atoms with E-state index in [0.717, 1.165) is 0 Å². The van der Waals surface area contributed by atoms with Crippen LogP contribution in [0.2, 0.25) is 0 Å². The molecule has 0 saturated carbocycles. The number of nitrogens with one attached hydrogen (secondary N) is 1. The number of hydrogen-bond acceptors (Lipinski definition) is 5. The lowest BCUT2D eigenvalue weighted by molar-refractivity contribution is -0.145. The highest BCUT2D eigenvalue weighted by atomic mass is 32.2. The van der Waals surface area contributed by atoms with Crippen molar-refractivity contribution in [3.8, 4) is 0 Å². The maximum Gasteiger partial charge on any atom is 0.322 e. The third kappa shape index (κ3) is 7.98. The van der Waals surface area contributed by atoms with E-state index in [2.05, 4.69) is 0 Å². The molecule has 0 aromatic heterocycles. The van der Waals surface area contributed by atoms with Crippen LogP contribution in [-0.2, 0) is 24.3 Å². The number of ether oxygens (including phenoxy) is 1. The Kier molecular flexibility index (Phi) is 6.81. The van der Waals surface area contributed by atoms with E-state index in [1.54, 1.807) is 13.8 Å². The fourth-order valence-electron chi connectivity index (χ4n) is 1.02. The summed E-state index contributed by atoms with van der Waals surface area (Å²) in [6, 6.07) is -1.67.